The van der Waals surface area contributed by atoms with E-state index in [9.17, 15) is 9.59 Å². The maximum absolute atomic E-state index is 12.5. The van der Waals surface area contributed by atoms with Crippen LogP contribution in [0.1, 0.15) is 25.7 Å². The number of nitrogens with two attached hydrogens (primary N) is 2. The predicted octanol–water partition coefficient (Wildman–Crippen LogP) is 1.67. The molecule has 0 heterocycles. The van der Waals surface area contributed by atoms with Crippen LogP contribution in [0, 0.1) is 17.8 Å². The average molecular weight is 354 g/mol. The topological polar surface area (TPSA) is 107 Å². The molecule has 2 amide bonds. The monoisotopic (exact) mass is 353 g/mol. The van der Waals surface area contributed by atoms with Gasteiger partial charge in [-0.3, -0.25) is 9.59 Å². The first-order valence-electron chi connectivity index (χ1n) is 8.12. The van der Waals surface area contributed by atoms with E-state index in [2.05, 4.69) is 5.32 Å². The normalized spacial score (nSPS) is 27.4. The summed E-state index contributed by atoms with van der Waals surface area (Å²) in [7, 11) is 0. The number of nitrogens with one attached hydrogen (secondary N) is 1. The number of ether oxygens (including phenoxy) is 1. The second kappa shape index (κ2) is 7.85. The number of hydrogen-bond donors (Lipinski definition) is 3. The molecule has 2 bridgehead atoms. The van der Waals surface area contributed by atoms with Crippen LogP contribution in [0.2, 0.25) is 0 Å². The predicted molar refractivity (Wildman–Crippen MR) is 93.9 cm³/mol. The van der Waals surface area contributed by atoms with Gasteiger partial charge in [0, 0.05) is 11.7 Å². The first-order valence-corrected chi connectivity index (χ1v) is 8.12. The summed E-state index contributed by atoms with van der Waals surface area (Å²) in [5.41, 5.74) is 12.0. The van der Waals surface area contributed by atoms with E-state index in [1.807, 2.05) is 0 Å². The minimum Gasteiger partial charge on any atom is -0.493 e. The third-order valence-corrected chi connectivity index (χ3v) is 5.02. The van der Waals surface area contributed by atoms with Crippen molar-refractivity contribution in [2.75, 3.05) is 11.9 Å². The van der Waals surface area contributed by atoms with Gasteiger partial charge < -0.3 is 21.5 Å². The minimum atomic E-state index is -0.393. The van der Waals surface area contributed by atoms with Crippen molar-refractivity contribution in [2.24, 2.45) is 29.2 Å². The Morgan fingerprint density at radius 3 is 2.42 bits per heavy atom. The van der Waals surface area contributed by atoms with Gasteiger partial charge in [0.2, 0.25) is 11.8 Å². The largest absolute Gasteiger partial charge is 0.493 e. The lowest BCUT2D eigenvalue weighted by Crippen LogP contribution is -2.42. The molecule has 7 heteroatoms. The summed E-state index contributed by atoms with van der Waals surface area (Å²) >= 11 is 0. The van der Waals surface area contributed by atoms with Crippen LogP contribution in [0.4, 0.5) is 5.69 Å². The number of rotatable bonds is 6. The molecule has 24 heavy (non-hydrogen) atoms. The lowest BCUT2D eigenvalue weighted by molar-refractivity contribution is -0.122. The Morgan fingerprint density at radius 2 is 1.83 bits per heavy atom. The molecule has 4 unspecified atom stereocenters. The highest BCUT2D eigenvalue weighted by atomic mass is 35.5. The molecule has 0 radical (unpaired) electrons. The van der Waals surface area contributed by atoms with Crippen LogP contribution in [0.3, 0.4) is 0 Å². The van der Waals surface area contributed by atoms with Crippen molar-refractivity contribution in [3.63, 3.8) is 0 Å². The Bertz CT molecular complexity index is 591. The molecule has 0 spiro atoms. The zero-order valence-corrected chi connectivity index (χ0v) is 14.3. The summed E-state index contributed by atoms with van der Waals surface area (Å²) in [6.45, 7) is 0.251. The summed E-state index contributed by atoms with van der Waals surface area (Å²) in [6.07, 6.45) is 3.54. The molecule has 132 valence electrons. The van der Waals surface area contributed by atoms with Crippen molar-refractivity contribution in [1.82, 2.24) is 0 Å². The SMILES string of the molecule is Cl.NC(=O)CCOc1ccc(NC(=O)C2C3CCC(C3)C2N)cc1. The van der Waals surface area contributed by atoms with E-state index in [1.54, 1.807) is 24.3 Å². The van der Waals surface area contributed by atoms with Crippen molar-refractivity contribution in [3.05, 3.63) is 24.3 Å². The van der Waals surface area contributed by atoms with Crippen LogP contribution in [-0.4, -0.2) is 24.5 Å². The van der Waals surface area contributed by atoms with Crippen molar-refractivity contribution < 1.29 is 14.3 Å². The van der Waals surface area contributed by atoms with Crippen LogP contribution in [0.25, 0.3) is 0 Å². The van der Waals surface area contributed by atoms with E-state index in [-0.39, 0.29) is 43.3 Å². The number of carbonyl (C=O) groups is 2. The number of fused-ring (bicyclic) bond motifs is 2. The van der Waals surface area contributed by atoms with Gasteiger partial charge in [0.25, 0.3) is 0 Å². The highest BCUT2D eigenvalue weighted by Gasteiger charge is 2.49. The summed E-state index contributed by atoms with van der Waals surface area (Å²) in [5.74, 6) is 1.15. The van der Waals surface area contributed by atoms with Crippen LogP contribution < -0.4 is 21.5 Å². The van der Waals surface area contributed by atoms with E-state index in [1.165, 1.54) is 0 Å². The summed E-state index contributed by atoms with van der Waals surface area (Å²) in [5, 5.41) is 2.95. The molecule has 2 aliphatic rings. The number of anilines is 1. The fraction of sp³-hybridized carbons (Fsp3) is 0.529. The van der Waals surface area contributed by atoms with Gasteiger partial charge in [-0.15, -0.1) is 12.4 Å². The van der Waals surface area contributed by atoms with E-state index in [0.29, 0.717) is 17.6 Å². The van der Waals surface area contributed by atoms with Crippen molar-refractivity contribution in [3.8, 4) is 5.75 Å². The summed E-state index contributed by atoms with van der Waals surface area (Å²) in [6, 6.07) is 7.09. The number of halogens is 1. The zero-order valence-electron chi connectivity index (χ0n) is 13.4. The molecule has 3 rings (SSSR count). The molecular weight excluding hydrogens is 330 g/mol. The van der Waals surface area contributed by atoms with Gasteiger partial charge in [-0.1, -0.05) is 0 Å². The lowest BCUT2D eigenvalue weighted by Gasteiger charge is -2.27. The second-order valence-electron chi connectivity index (χ2n) is 6.51. The van der Waals surface area contributed by atoms with E-state index >= 15 is 0 Å². The molecule has 0 aliphatic heterocycles. The molecule has 2 aliphatic carbocycles. The van der Waals surface area contributed by atoms with Gasteiger partial charge in [0.05, 0.1) is 18.9 Å². The Kier molecular flexibility index (Phi) is 6.07. The number of benzene rings is 1. The molecule has 0 aromatic heterocycles. The maximum Gasteiger partial charge on any atom is 0.229 e. The van der Waals surface area contributed by atoms with E-state index in [0.717, 1.165) is 24.9 Å². The molecule has 1 aromatic carbocycles. The highest BCUT2D eigenvalue weighted by molar-refractivity contribution is 5.93. The smallest absolute Gasteiger partial charge is 0.229 e. The van der Waals surface area contributed by atoms with Gasteiger partial charge in [-0.2, -0.15) is 0 Å². The Balaban J connectivity index is 0.00000208. The average Bonchev–Trinajstić information content (AvgIpc) is 3.09. The fourth-order valence-electron chi connectivity index (χ4n) is 3.85. The molecule has 0 saturated heterocycles. The Labute approximate surface area is 147 Å². The third-order valence-electron chi connectivity index (χ3n) is 5.02. The standard InChI is InChI=1S/C17H23N3O3.ClH/c18-14(21)7-8-23-13-5-3-12(4-6-13)20-17(22)15-10-1-2-11(9-10)16(15)19;/h3-6,10-11,15-16H,1-2,7-9,19H2,(H2,18,21)(H,20,22);1H. The minimum absolute atomic E-state index is 0. The van der Waals surface area contributed by atoms with Crippen molar-refractivity contribution in [1.29, 1.82) is 0 Å². The molecule has 2 fully saturated rings. The summed E-state index contributed by atoms with van der Waals surface area (Å²) in [4.78, 5) is 23.1. The zero-order chi connectivity index (χ0) is 16.4. The van der Waals surface area contributed by atoms with Crippen LogP contribution in [0.5, 0.6) is 5.75 Å². The lowest BCUT2D eigenvalue weighted by atomic mass is 9.84. The second-order valence-corrected chi connectivity index (χ2v) is 6.51. The van der Waals surface area contributed by atoms with E-state index < -0.39 is 5.91 Å². The molecule has 5 N–H and O–H groups in total. The van der Waals surface area contributed by atoms with Gasteiger partial charge in [0.15, 0.2) is 0 Å². The van der Waals surface area contributed by atoms with Gasteiger partial charge in [-0.05, 0) is 55.4 Å². The molecule has 2 saturated carbocycles. The number of carbonyl (C=O) groups excluding carboxylic acids is 2. The van der Waals surface area contributed by atoms with Crippen molar-refractivity contribution in [2.45, 2.75) is 31.7 Å². The summed E-state index contributed by atoms with van der Waals surface area (Å²) < 4.78 is 5.40. The molecule has 4 atom stereocenters. The molecular formula is C17H24ClN3O3. The molecule has 6 nitrogen and oxygen atoms in total. The first kappa shape index (κ1) is 18.5. The van der Waals surface area contributed by atoms with Crippen LogP contribution in [0.15, 0.2) is 24.3 Å². The van der Waals surface area contributed by atoms with Gasteiger partial charge in [-0.25, -0.2) is 0 Å². The van der Waals surface area contributed by atoms with Gasteiger partial charge >= 0.3 is 0 Å². The quantitative estimate of drug-likeness (QED) is 0.723. The third kappa shape index (κ3) is 3.99. The number of hydrogen-bond acceptors (Lipinski definition) is 4. The number of amides is 2. The Morgan fingerprint density at radius 1 is 1.17 bits per heavy atom. The first-order chi connectivity index (χ1) is 11.0. The maximum atomic E-state index is 12.5. The highest BCUT2D eigenvalue weighted by Crippen LogP contribution is 2.47. The van der Waals surface area contributed by atoms with Crippen molar-refractivity contribution >= 4 is 29.9 Å². The molecule has 1 aromatic rings. The number of primary amides is 1. The Hall–Kier alpha value is -1.79. The van der Waals surface area contributed by atoms with Gasteiger partial charge in [0.1, 0.15) is 5.75 Å². The van der Waals surface area contributed by atoms with E-state index in [4.69, 9.17) is 16.2 Å². The fourth-order valence-corrected chi connectivity index (χ4v) is 3.85. The van der Waals surface area contributed by atoms with Crippen LogP contribution >= 0.6 is 12.4 Å². The van der Waals surface area contributed by atoms with Crippen LogP contribution in [-0.2, 0) is 9.59 Å².